The van der Waals surface area contributed by atoms with Crippen LogP contribution in [0.25, 0.3) is 5.69 Å². The summed E-state index contributed by atoms with van der Waals surface area (Å²) in [4.78, 5) is 24.0. The van der Waals surface area contributed by atoms with E-state index in [2.05, 4.69) is 0 Å². The average Bonchev–Trinajstić information content (AvgIpc) is 3.19. The molecule has 0 saturated carbocycles. The van der Waals surface area contributed by atoms with Crippen LogP contribution >= 0.6 is 22.9 Å². The van der Waals surface area contributed by atoms with Gasteiger partial charge in [-0.3, -0.25) is 9.59 Å². The maximum Gasteiger partial charge on any atom is 0.319 e. The van der Waals surface area contributed by atoms with E-state index in [9.17, 15) is 9.59 Å². The van der Waals surface area contributed by atoms with Gasteiger partial charge in [-0.25, -0.2) is 0 Å². The summed E-state index contributed by atoms with van der Waals surface area (Å²) < 4.78 is 6.96. The molecule has 1 aromatic carbocycles. The Labute approximate surface area is 141 Å². The van der Waals surface area contributed by atoms with Crippen LogP contribution in [-0.4, -0.2) is 16.3 Å². The van der Waals surface area contributed by atoms with Crippen molar-refractivity contribution >= 4 is 34.7 Å². The van der Waals surface area contributed by atoms with E-state index in [1.54, 1.807) is 35.7 Å². The SMILES string of the molecule is O=C(CC(=O)c1ccc(-n2cccc2)cc1Cl)Oc1cccs1. The van der Waals surface area contributed by atoms with E-state index >= 15 is 0 Å². The Hall–Kier alpha value is -2.37. The van der Waals surface area contributed by atoms with Gasteiger partial charge < -0.3 is 9.30 Å². The number of Topliss-reactive ketones (excluding diaryl/α,β-unsaturated/α-hetero) is 1. The first-order valence-electron chi connectivity index (χ1n) is 6.84. The molecule has 0 fully saturated rings. The van der Waals surface area contributed by atoms with E-state index in [0.29, 0.717) is 15.6 Å². The molecule has 23 heavy (non-hydrogen) atoms. The highest BCUT2D eigenvalue weighted by atomic mass is 35.5. The van der Waals surface area contributed by atoms with Crippen LogP contribution in [0.1, 0.15) is 16.8 Å². The van der Waals surface area contributed by atoms with Crippen LogP contribution in [0.5, 0.6) is 5.06 Å². The lowest BCUT2D eigenvalue weighted by atomic mass is 10.1. The molecule has 4 nitrogen and oxygen atoms in total. The van der Waals surface area contributed by atoms with Gasteiger partial charge in [0.15, 0.2) is 10.8 Å². The van der Waals surface area contributed by atoms with E-state index in [1.807, 2.05) is 29.1 Å². The number of halogens is 1. The normalized spacial score (nSPS) is 10.5. The number of rotatable bonds is 5. The molecule has 0 radical (unpaired) electrons. The first-order chi connectivity index (χ1) is 11.1. The monoisotopic (exact) mass is 345 g/mol. The molecule has 0 aliphatic heterocycles. The highest BCUT2D eigenvalue weighted by molar-refractivity contribution is 7.11. The van der Waals surface area contributed by atoms with Gasteiger partial charge in [-0.1, -0.05) is 11.6 Å². The predicted molar refractivity (Wildman–Crippen MR) is 89.7 cm³/mol. The number of carbonyl (C=O) groups is 2. The van der Waals surface area contributed by atoms with E-state index in [4.69, 9.17) is 16.3 Å². The summed E-state index contributed by atoms with van der Waals surface area (Å²) in [6, 6.07) is 12.3. The standard InChI is InChI=1S/C17H12ClNO3S/c18-14-10-12(19-7-1-2-8-19)5-6-13(14)15(20)11-16(21)22-17-4-3-9-23-17/h1-10H,11H2. The fraction of sp³-hybridized carbons (Fsp3) is 0.0588. The maximum atomic E-state index is 12.2. The van der Waals surface area contributed by atoms with Gasteiger partial charge in [-0.15, -0.1) is 11.3 Å². The second-order valence-electron chi connectivity index (χ2n) is 4.76. The highest BCUT2D eigenvalue weighted by Gasteiger charge is 2.17. The van der Waals surface area contributed by atoms with E-state index < -0.39 is 5.97 Å². The van der Waals surface area contributed by atoms with Gasteiger partial charge >= 0.3 is 5.97 Å². The number of thiophene rings is 1. The molecule has 0 saturated heterocycles. The largest absolute Gasteiger partial charge is 0.415 e. The average molecular weight is 346 g/mol. The molecular formula is C17H12ClNO3S. The number of hydrogen-bond acceptors (Lipinski definition) is 4. The molecule has 3 aromatic rings. The van der Waals surface area contributed by atoms with Gasteiger partial charge in [0.2, 0.25) is 0 Å². The van der Waals surface area contributed by atoms with Crippen LogP contribution < -0.4 is 4.74 Å². The summed E-state index contributed by atoms with van der Waals surface area (Å²) >= 11 is 7.48. The van der Waals surface area contributed by atoms with Gasteiger partial charge in [0.1, 0.15) is 6.42 Å². The number of ketones is 1. The zero-order valence-electron chi connectivity index (χ0n) is 11.9. The molecule has 0 spiro atoms. The Morgan fingerprint density at radius 3 is 2.57 bits per heavy atom. The van der Waals surface area contributed by atoms with Crippen molar-refractivity contribution in [2.45, 2.75) is 6.42 Å². The maximum absolute atomic E-state index is 12.2. The lowest BCUT2D eigenvalue weighted by Crippen LogP contribution is -2.14. The minimum absolute atomic E-state index is 0.310. The highest BCUT2D eigenvalue weighted by Crippen LogP contribution is 2.23. The number of nitrogens with zero attached hydrogens (tertiary/aromatic N) is 1. The summed E-state index contributed by atoms with van der Waals surface area (Å²) in [6.07, 6.45) is 3.41. The third-order valence-electron chi connectivity index (χ3n) is 3.17. The Morgan fingerprint density at radius 1 is 1.13 bits per heavy atom. The van der Waals surface area contributed by atoms with Crippen molar-refractivity contribution in [3.8, 4) is 10.8 Å². The lowest BCUT2D eigenvalue weighted by molar-refractivity contribution is -0.133. The number of esters is 1. The quantitative estimate of drug-likeness (QED) is 0.392. The molecule has 0 aliphatic rings. The summed E-state index contributed by atoms with van der Waals surface area (Å²) in [5, 5.41) is 2.57. The second kappa shape index (κ2) is 6.81. The summed E-state index contributed by atoms with van der Waals surface area (Å²) in [5.74, 6) is -0.960. The Bertz CT molecular complexity index is 826. The lowest BCUT2D eigenvalue weighted by Gasteiger charge is -2.07. The van der Waals surface area contributed by atoms with Crippen LogP contribution in [0, 0.1) is 0 Å². The van der Waals surface area contributed by atoms with Gasteiger partial charge in [-0.2, -0.15) is 0 Å². The topological polar surface area (TPSA) is 48.3 Å². The summed E-state index contributed by atoms with van der Waals surface area (Å²) in [6.45, 7) is 0. The van der Waals surface area contributed by atoms with Crippen molar-refractivity contribution in [3.63, 3.8) is 0 Å². The third-order valence-corrected chi connectivity index (χ3v) is 4.23. The van der Waals surface area contributed by atoms with E-state index in [-0.39, 0.29) is 12.2 Å². The number of aromatic nitrogens is 1. The first kappa shape index (κ1) is 15.5. The van der Waals surface area contributed by atoms with Crippen LogP contribution in [0.3, 0.4) is 0 Å². The molecule has 3 rings (SSSR count). The summed E-state index contributed by atoms with van der Waals surface area (Å²) in [7, 11) is 0. The van der Waals surface area contributed by atoms with E-state index in [0.717, 1.165) is 5.69 Å². The van der Waals surface area contributed by atoms with Crippen LogP contribution in [0.15, 0.2) is 60.2 Å². The van der Waals surface area contributed by atoms with E-state index in [1.165, 1.54) is 11.3 Å². The van der Waals surface area contributed by atoms with Gasteiger partial charge in [-0.05, 0) is 47.8 Å². The van der Waals surface area contributed by atoms with Crippen LogP contribution in [0.2, 0.25) is 5.02 Å². The first-order valence-corrected chi connectivity index (χ1v) is 8.09. The number of hydrogen-bond donors (Lipinski definition) is 0. The molecule has 6 heteroatoms. The molecule has 0 atom stereocenters. The molecule has 2 heterocycles. The molecule has 116 valence electrons. The number of benzene rings is 1. The van der Waals surface area contributed by atoms with Gasteiger partial charge in [0, 0.05) is 23.6 Å². The molecule has 0 unspecified atom stereocenters. The van der Waals surface area contributed by atoms with Gasteiger partial charge in [0.25, 0.3) is 0 Å². The van der Waals surface area contributed by atoms with Crippen molar-refractivity contribution in [1.29, 1.82) is 0 Å². The Balaban J connectivity index is 1.71. The van der Waals surface area contributed by atoms with Crippen LogP contribution in [0.4, 0.5) is 0 Å². The minimum Gasteiger partial charge on any atom is -0.415 e. The number of carbonyl (C=O) groups excluding carboxylic acids is 2. The molecule has 2 aromatic heterocycles. The zero-order chi connectivity index (χ0) is 16.2. The molecule has 0 bridgehead atoms. The molecule has 0 N–H and O–H groups in total. The van der Waals surface area contributed by atoms with Gasteiger partial charge in [0.05, 0.1) is 5.02 Å². The fourth-order valence-corrected chi connectivity index (χ4v) is 2.96. The fourth-order valence-electron chi connectivity index (χ4n) is 2.09. The smallest absolute Gasteiger partial charge is 0.319 e. The number of ether oxygens (including phenoxy) is 1. The van der Waals surface area contributed by atoms with Crippen molar-refractivity contribution < 1.29 is 14.3 Å². The third kappa shape index (κ3) is 3.70. The zero-order valence-corrected chi connectivity index (χ0v) is 13.5. The van der Waals surface area contributed by atoms with Crippen LogP contribution in [-0.2, 0) is 4.79 Å². The molecule has 0 aliphatic carbocycles. The Morgan fingerprint density at radius 2 is 1.91 bits per heavy atom. The predicted octanol–water partition coefficient (Wildman–Crippen LogP) is 4.37. The van der Waals surface area contributed by atoms with Crippen molar-refractivity contribution in [2.75, 3.05) is 0 Å². The van der Waals surface area contributed by atoms with Crippen molar-refractivity contribution in [3.05, 3.63) is 70.8 Å². The minimum atomic E-state index is -0.594. The Kier molecular flexibility index (Phi) is 4.60. The molecular weight excluding hydrogens is 334 g/mol. The van der Waals surface area contributed by atoms with Crippen molar-refractivity contribution in [1.82, 2.24) is 4.57 Å². The second-order valence-corrected chi connectivity index (χ2v) is 6.08. The molecule has 0 amide bonds. The van der Waals surface area contributed by atoms with Crippen molar-refractivity contribution in [2.24, 2.45) is 0 Å². The summed E-state index contributed by atoms with van der Waals surface area (Å²) in [5.41, 5.74) is 1.16.